The van der Waals surface area contributed by atoms with Gasteiger partial charge in [0.15, 0.2) is 0 Å². The standard InChI is InChI=1S/C10H17ClN2O/c1-2-12-6-5-8-3-4-9(7-12)13(8)10(11)14/h8-9H,2-7H2,1H3. The van der Waals surface area contributed by atoms with E-state index >= 15 is 0 Å². The Morgan fingerprint density at radius 3 is 2.71 bits per heavy atom. The Morgan fingerprint density at radius 2 is 2.07 bits per heavy atom. The molecule has 2 saturated heterocycles. The van der Waals surface area contributed by atoms with Crippen molar-refractivity contribution < 1.29 is 4.79 Å². The second-order valence-electron chi connectivity index (χ2n) is 4.23. The highest BCUT2D eigenvalue weighted by atomic mass is 35.5. The molecule has 2 aliphatic rings. The molecule has 1 amide bonds. The van der Waals surface area contributed by atoms with E-state index in [0.29, 0.717) is 12.1 Å². The predicted octanol–water partition coefficient (Wildman–Crippen LogP) is 1.90. The third kappa shape index (κ3) is 1.75. The summed E-state index contributed by atoms with van der Waals surface area (Å²) in [5.41, 5.74) is 0. The summed E-state index contributed by atoms with van der Waals surface area (Å²) in [5, 5.41) is -0.254. The smallest absolute Gasteiger partial charge is 0.316 e. The number of nitrogens with zero attached hydrogens (tertiary/aromatic N) is 2. The molecule has 2 heterocycles. The summed E-state index contributed by atoms with van der Waals surface area (Å²) in [6, 6.07) is 0.772. The van der Waals surface area contributed by atoms with Crippen LogP contribution in [0.4, 0.5) is 4.79 Å². The number of carbonyl (C=O) groups is 1. The number of fused-ring (bicyclic) bond motifs is 2. The first kappa shape index (κ1) is 10.2. The maximum Gasteiger partial charge on any atom is 0.316 e. The number of rotatable bonds is 1. The molecule has 0 N–H and O–H groups in total. The van der Waals surface area contributed by atoms with E-state index in [9.17, 15) is 4.79 Å². The number of halogens is 1. The van der Waals surface area contributed by atoms with Gasteiger partial charge in [-0.25, -0.2) is 0 Å². The third-order valence-corrected chi connectivity index (χ3v) is 3.71. The maximum absolute atomic E-state index is 11.3. The Labute approximate surface area is 90.0 Å². The Kier molecular flexibility index (Phi) is 2.98. The third-order valence-electron chi connectivity index (χ3n) is 3.52. The van der Waals surface area contributed by atoms with Crippen LogP contribution in [0.25, 0.3) is 0 Å². The summed E-state index contributed by atoms with van der Waals surface area (Å²) in [6.45, 7) is 5.36. The Morgan fingerprint density at radius 1 is 1.36 bits per heavy atom. The van der Waals surface area contributed by atoms with Gasteiger partial charge in [0, 0.05) is 25.2 Å². The second-order valence-corrected chi connectivity index (χ2v) is 4.55. The van der Waals surface area contributed by atoms with Crippen LogP contribution in [0.5, 0.6) is 0 Å². The van der Waals surface area contributed by atoms with Crippen LogP contribution in [-0.4, -0.2) is 46.9 Å². The van der Waals surface area contributed by atoms with Gasteiger partial charge < -0.3 is 9.80 Å². The molecular formula is C10H17ClN2O. The van der Waals surface area contributed by atoms with Crippen molar-refractivity contribution in [3.63, 3.8) is 0 Å². The molecule has 0 aliphatic carbocycles. The summed E-state index contributed by atoms with van der Waals surface area (Å²) in [7, 11) is 0. The fourth-order valence-corrected chi connectivity index (χ4v) is 3.00. The zero-order valence-corrected chi connectivity index (χ0v) is 9.33. The van der Waals surface area contributed by atoms with Gasteiger partial charge in [-0.1, -0.05) is 6.92 Å². The van der Waals surface area contributed by atoms with E-state index in [1.165, 1.54) is 0 Å². The van der Waals surface area contributed by atoms with E-state index in [0.717, 1.165) is 38.9 Å². The van der Waals surface area contributed by atoms with Crippen LogP contribution in [0.15, 0.2) is 0 Å². The van der Waals surface area contributed by atoms with Crippen molar-refractivity contribution in [1.29, 1.82) is 0 Å². The molecule has 3 nitrogen and oxygen atoms in total. The van der Waals surface area contributed by atoms with Crippen LogP contribution >= 0.6 is 11.6 Å². The quantitative estimate of drug-likeness (QED) is 0.494. The molecule has 2 rings (SSSR count). The highest BCUT2D eigenvalue weighted by Crippen LogP contribution is 2.31. The average molecular weight is 217 g/mol. The molecule has 0 spiro atoms. The van der Waals surface area contributed by atoms with Crippen molar-refractivity contribution in [2.75, 3.05) is 19.6 Å². The molecule has 80 valence electrons. The van der Waals surface area contributed by atoms with Crippen molar-refractivity contribution in [3.8, 4) is 0 Å². The van der Waals surface area contributed by atoms with Crippen molar-refractivity contribution in [3.05, 3.63) is 0 Å². The molecule has 0 aromatic rings. The van der Waals surface area contributed by atoms with Crippen molar-refractivity contribution in [2.45, 2.75) is 38.3 Å². The number of carbonyl (C=O) groups excluding carboxylic acids is 1. The number of amides is 1. The number of hydrogen-bond acceptors (Lipinski definition) is 2. The first-order valence-corrected chi connectivity index (χ1v) is 5.80. The molecule has 2 aliphatic heterocycles. The molecule has 2 fully saturated rings. The zero-order chi connectivity index (χ0) is 10.1. The second kappa shape index (κ2) is 4.07. The summed E-state index contributed by atoms with van der Waals surface area (Å²) in [6.07, 6.45) is 3.35. The highest BCUT2D eigenvalue weighted by molar-refractivity contribution is 6.62. The molecule has 14 heavy (non-hydrogen) atoms. The lowest BCUT2D eigenvalue weighted by molar-refractivity contribution is 0.193. The van der Waals surface area contributed by atoms with Gasteiger partial charge in [-0.15, -0.1) is 0 Å². The van der Waals surface area contributed by atoms with Crippen molar-refractivity contribution in [1.82, 2.24) is 9.80 Å². The van der Waals surface area contributed by atoms with Crippen LogP contribution in [0.1, 0.15) is 26.2 Å². The van der Waals surface area contributed by atoms with E-state index in [4.69, 9.17) is 11.6 Å². The van der Waals surface area contributed by atoms with Gasteiger partial charge in [-0.05, 0) is 37.4 Å². The van der Waals surface area contributed by atoms with Crippen molar-refractivity contribution >= 4 is 17.0 Å². The fraction of sp³-hybridized carbons (Fsp3) is 0.900. The fourth-order valence-electron chi connectivity index (χ4n) is 2.72. The first-order chi connectivity index (χ1) is 6.72. The van der Waals surface area contributed by atoms with Gasteiger partial charge in [-0.2, -0.15) is 0 Å². The van der Waals surface area contributed by atoms with Crippen LogP contribution in [0.2, 0.25) is 0 Å². The van der Waals surface area contributed by atoms with E-state index in [2.05, 4.69) is 11.8 Å². The van der Waals surface area contributed by atoms with Gasteiger partial charge >= 0.3 is 5.37 Å². The first-order valence-electron chi connectivity index (χ1n) is 5.42. The molecule has 0 radical (unpaired) electrons. The normalized spacial score (nSPS) is 33.1. The Bertz CT molecular complexity index is 234. The highest BCUT2D eigenvalue weighted by Gasteiger charge is 2.38. The predicted molar refractivity (Wildman–Crippen MR) is 56.6 cm³/mol. The monoisotopic (exact) mass is 216 g/mol. The van der Waals surface area contributed by atoms with Gasteiger partial charge in [0.05, 0.1) is 0 Å². The zero-order valence-electron chi connectivity index (χ0n) is 8.58. The van der Waals surface area contributed by atoms with E-state index in [-0.39, 0.29) is 5.37 Å². The minimum absolute atomic E-state index is 0.254. The van der Waals surface area contributed by atoms with E-state index in [1.807, 2.05) is 4.90 Å². The van der Waals surface area contributed by atoms with Gasteiger partial charge in [0.1, 0.15) is 0 Å². The van der Waals surface area contributed by atoms with E-state index < -0.39 is 0 Å². The van der Waals surface area contributed by atoms with Crippen LogP contribution < -0.4 is 0 Å². The lowest BCUT2D eigenvalue weighted by Crippen LogP contribution is -2.40. The largest absolute Gasteiger partial charge is 0.322 e. The number of likely N-dealkylation sites (tertiary alicyclic amines) is 1. The molecule has 2 unspecified atom stereocenters. The van der Waals surface area contributed by atoms with E-state index in [1.54, 1.807) is 0 Å². The van der Waals surface area contributed by atoms with Crippen LogP contribution in [0.3, 0.4) is 0 Å². The molecule has 2 atom stereocenters. The summed E-state index contributed by atoms with van der Waals surface area (Å²) >= 11 is 5.62. The lowest BCUT2D eigenvalue weighted by atomic mass is 10.1. The Hall–Kier alpha value is -0.280. The summed E-state index contributed by atoms with van der Waals surface area (Å²) in [5.74, 6) is 0. The lowest BCUT2D eigenvalue weighted by Gasteiger charge is -2.26. The number of likely N-dealkylation sites (N-methyl/N-ethyl adjacent to an activating group) is 1. The van der Waals surface area contributed by atoms with Crippen LogP contribution in [-0.2, 0) is 0 Å². The van der Waals surface area contributed by atoms with Gasteiger partial charge in [0.25, 0.3) is 0 Å². The molecule has 4 heteroatoms. The molecule has 0 aromatic carbocycles. The maximum atomic E-state index is 11.3. The average Bonchev–Trinajstić information content (AvgIpc) is 2.41. The minimum Gasteiger partial charge on any atom is -0.322 e. The molecule has 0 saturated carbocycles. The SMILES string of the molecule is CCN1CCC2CCC(C1)N2C(=O)Cl. The molecule has 0 aromatic heterocycles. The van der Waals surface area contributed by atoms with Crippen molar-refractivity contribution in [2.24, 2.45) is 0 Å². The van der Waals surface area contributed by atoms with Gasteiger partial charge in [-0.3, -0.25) is 4.79 Å². The number of hydrogen-bond donors (Lipinski definition) is 0. The van der Waals surface area contributed by atoms with Crippen LogP contribution in [0, 0.1) is 0 Å². The minimum atomic E-state index is -0.254. The van der Waals surface area contributed by atoms with Gasteiger partial charge in [0.2, 0.25) is 0 Å². The molecular weight excluding hydrogens is 200 g/mol. The summed E-state index contributed by atoms with van der Waals surface area (Å²) < 4.78 is 0. The topological polar surface area (TPSA) is 23.6 Å². The Balaban J connectivity index is 2.10. The summed E-state index contributed by atoms with van der Waals surface area (Å²) in [4.78, 5) is 15.6. The molecule has 2 bridgehead atoms.